The van der Waals surface area contributed by atoms with Gasteiger partial charge in [-0.1, -0.05) is 19.1 Å². The molecule has 0 saturated heterocycles. The van der Waals surface area contributed by atoms with Crippen LogP contribution in [0, 0.1) is 3.57 Å². The van der Waals surface area contributed by atoms with Gasteiger partial charge in [-0.3, -0.25) is 10.1 Å². The van der Waals surface area contributed by atoms with Gasteiger partial charge in [0, 0.05) is 3.57 Å². The van der Waals surface area contributed by atoms with Gasteiger partial charge in [0.2, 0.25) is 0 Å². The lowest BCUT2D eigenvalue weighted by Crippen LogP contribution is -2.37. The van der Waals surface area contributed by atoms with E-state index in [0.717, 1.165) is 9.99 Å². The standard InChI is InChI=1S/C18H17IN2O4S/c1-2-11-3-6-13(7-4-11)25-10-16(22)21-18(26)20-15-8-5-12(19)9-14(15)17(23)24/h3-9H,2,10H2,1H3,(H,23,24)(H2,20,21,22,26). The number of rotatable bonds is 6. The van der Waals surface area contributed by atoms with Crippen LogP contribution in [0.15, 0.2) is 42.5 Å². The first-order valence-corrected chi connectivity index (χ1v) is 9.23. The molecule has 3 N–H and O–H groups in total. The van der Waals surface area contributed by atoms with Crippen molar-refractivity contribution in [1.29, 1.82) is 0 Å². The lowest BCUT2D eigenvalue weighted by atomic mass is 10.2. The molecule has 2 aromatic carbocycles. The molecule has 0 bridgehead atoms. The fourth-order valence-electron chi connectivity index (χ4n) is 2.09. The van der Waals surface area contributed by atoms with Crippen molar-refractivity contribution in [2.24, 2.45) is 0 Å². The van der Waals surface area contributed by atoms with Crippen LogP contribution in [0.3, 0.4) is 0 Å². The van der Waals surface area contributed by atoms with E-state index in [4.69, 9.17) is 17.0 Å². The number of aromatic carboxylic acids is 1. The highest BCUT2D eigenvalue weighted by Crippen LogP contribution is 2.19. The topological polar surface area (TPSA) is 87.7 Å². The van der Waals surface area contributed by atoms with Crippen LogP contribution in [0.2, 0.25) is 0 Å². The molecule has 0 heterocycles. The van der Waals surface area contributed by atoms with Crippen molar-refractivity contribution in [1.82, 2.24) is 5.32 Å². The maximum Gasteiger partial charge on any atom is 0.337 e. The summed E-state index contributed by atoms with van der Waals surface area (Å²) < 4.78 is 6.18. The van der Waals surface area contributed by atoms with Crippen molar-refractivity contribution in [3.05, 3.63) is 57.2 Å². The zero-order valence-electron chi connectivity index (χ0n) is 13.9. The number of carboxylic acids is 1. The molecule has 0 unspecified atom stereocenters. The smallest absolute Gasteiger partial charge is 0.337 e. The van der Waals surface area contributed by atoms with Gasteiger partial charge >= 0.3 is 5.97 Å². The van der Waals surface area contributed by atoms with Crippen molar-refractivity contribution >= 4 is 57.5 Å². The summed E-state index contributed by atoms with van der Waals surface area (Å²) in [5.41, 5.74) is 1.55. The van der Waals surface area contributed by atoms with E-state index in [9.17, 15) is 14.7 Å². The number of benzene rings is 2. The Kier molecular flexibility index (Phi) is 7.34. The molecule has 0 atom stereocenters. The van der Waals surface area contributed by atoms with Crippen LogP contribution in [-0.4, -0.2) is 28.7 Å². The molecule has 26 heavy (non-hydrogen) atoms. The number of carbonyl (C=O) groups is 2. The van der Waals surface area contributed by atoms with Crippen LogP contribution >= 0.6 is 34.8 Å². The highest BCUT2D eigenvalue weighted by atomic mass is 127. The number of amides is 1. The molecule has 6 nitrogen and oxygen atoms in total. The number of anilines is 1. The maximum absolute atomic E-state index is 11.9. The lowest BCUT2D eigenvalue weighted by molar-refractivity contribution is -0.121. The Morgan fingerprint density at radius 1 is 1.19 bits per heavy atom. The molecule has 0 saturated carbocycles. The number of carbonyl (C=O) groups excluding carboxylic acids is 1. The summed E-state index contributed by atoms with van der Waals surface area (Å²) in [5.74, 6) is -0.939. The van der Waals surface area contributed by atoms with E-state index < -0.39 is 11.9 Å². The average molecular weight is 484 g/mol. The van der Waals surface area contributed by atoms with Crippen LogP contribution in [0.25, 0.3) is 0 Å². The first kappa shape index (κ1) is 20.1. The van der Waals surface area contributed by atoms with E-state index in [1.807, 2.05) is 34.7 Å². The summed E-state index contributed by atoms with van der Waals surface area (Å²) in [6, 6.07) is 12.3. The highest BCUT2D eigenvalue weighted by Gasteiger charge is 2.13. The SMILES string of the molecule is CCc1ccc(OCC(=O)NC(=S)Nc2ccc(I)cc2C(=O)O)cc1. The molecule has 2 aromatic rings. The lowest BCUT2D eigenvalue weighted by Gasteiger charge is -2.12. The van der Waals surface area contributed by atoms with E-state index in [2.05, 4.69) is 17.6 Å². The van der Waals surface area contributed by atoms with E-state index in [-0.39, 0.29) is 17.3 Å². The number of hydrogen-bond donors (Lipinski definition) is 3. The number of carboxylic acid groups (broad SMARTS) is 1. The molecule has 0 aliphatic heterocycles. The van der Waals surface area contributed by atoms with Gasteiger partial charge in [-0.2, -0.15) is 0 Å². The van der Waals surface area contributed by atoms with Crippen LogP contribution in [0.4, 0.5) is 5.69 Å². The van der Waals surface area contributed by atoms with Crippen LogP contribution in [0.1, 0.15) is 22.8 Å². The first-order chi connectivity index (χ1) is 12.4. The van der Waals surface area contributed by atoms with Gasteiger partial charge in [-0.15, -0.1) is 0 Å². The quantitative estimate of drug-likeness (QED) is 0.430. The molecule has 0 spiro atoms. The normalized spacial score (nSPS) is 10.1. The molecule has 2 rings (SSSR count). The number of aryl methyl sites for hydroxylation is 1. The zero-order chi connectivity index (χ0) is 19.1. The summed E-state index contributed by atoms with van der Waals surface area (Å²) in [5, 5.41) is 14.4. The fourth-order valence-corrected chi connectivity index (χ4v) is 2.80. The fraction of sp³-hybridized carbons (Fsp3) is 0.167. The van der Waals surface area contributed by atoms with Gasteiger partial charge < -0.3 is 15.2 Å². The van der Waals surface area contributed by atoms with Crippen LogP contribution < -0.4 is 15.4 Å². The predicted octanol–water partition coefficient (Wildman–Crippen LogP) is 3.44. The number of nitrogens with one attached hydrogen (secondary N) is 2. The van der Waals surface area contributed by atoms with E-state index in [1.165, 1.54) is 11.6 Å². The van der Waals surface area contributed by atoms with E-state index in [1.54, 1.807) is 24.3 Å². The second kappa shape index (κ2) is 9.48. The maximum atomic E-state index is 11.9. The molecule has 0 radical (unpaired) electrons. The van der Waals surface area contributed by atoms with Crippen molar-refractivity contribution < 1.29 is 19.4 Å². The summed E-state index contributed by atoms with van der Waals surface area (Å²) in [6.07, 6.45) is 0.928. The summed E-state index contributed by atoms with van der Waals surface area (Å²) in [6.45, 7) is 1.85. The van der Waals surface area contributed by atoms with Crippen molar-refractivity contribution in [2.45, 2.75) is 13.3 Å². The Balaban J connectivity index is 1.89. The minimum absolute atomic E-state index is 0.00337. The zero-order valence-corrected chi connectivity index (χ0v) is 16.9. The number of hydrogen-bond acceptors (Lipinski definition) is 4. The Hall–Kier alpha value is -2.20. The van der Waals surface area contributed by atoms with Gasteiger partial charge in [0.25, 0.3) is 5.91 Å². The Morgan fingerprint density at radius 2 is 1.88 bits per heavy atom. The molecular formula is C18H17IN2O4S. The molecule has 1 amide bonds. The van der Waals surface area contributed by atoms with Crippen molar-refractivity contribution in [3.8, 4) is 5.75 Å². The van der Waals surface area contributed by atoms with Crippen molar-refractivity contribution in [3.63, 3.8) is 0 Å². The van der Waals surface area contributed by atoms with E-state index in [0.29, 0.717) is 11.4 Å². The number of halogens is 1. The largest absolute Gasteiger partial charge is 0.484 e. The summed E-state index contributed by atoms with van der Waals surface area (Å²) >= 11 is 7.08. The van der Waals surface area contributed by atoms with Crippen LogP contribution in [-0.2, 0) is 11.2 Å². The molecule has 8 heteroatoms. The molecule has 0 aromatic heterocycles. The Bertz CT molecular complexity index is 824. The van der Waals surface area contributed by atoms with Gasteiger partial charge in [0.05, 0.1) is 11.3 Å². The molecule has 0 aliphatic rings. The minimum atomic E-state index is -1.08. The van der Waals surface area contributed by atoms with Gasteiger partial charge in [-0.25, -0.2) is 4.79 Å². The molecule has 0 fully saturated rings. The molecule has 0 aliphatic carbocycles. The summed E-state index contributed by atoms with van der Waals surface area (Å²) in [4.78, 5) is 23.2. The monoisotopic (exact) mass is 484 g/mol. The molecule has 136 valence electrons. The third kappa shape index (κ3) is 5.95. The minimum Gasteiger partial charge on any atom is -0.484 e. The Labute approximate surface area is 170 Å². The first-order valence-electron chi connectivity index (χ1n) is 7.74. The molecular weight excluding hydrogens is 467 g/mol. The van der Waals surface area contributed by atoms with Gasteiger partial charge in [-0.05, 0) is 77.1 Å². The third-order valence-corrected chi connectivity index (χ3v) is 4.29. The van der Waals surface area contributed by atoms with Crippen molar-refractivity contribution in [2.75, 3.05) is 11.9 Å². The third-order valence-electron chi connectivity index (χ3n) is 3.41. The second-order valence-electron chi connectivity index (χ2n) is 5.28. The van der Waals surface area contributed by atoms with Gasteiger partial charge in [0.1, 0.15) is 5.75 Å². The Morgan fingerprint density at radius 3 is 2.50 bits per heavy atom. The average Bonchev–Trinajstić information content (AvgIpc) is 2.61. The number of ether oxygens (including phenoxy) is 1. The van der Waals surface area contributed by atoms with Crippen LogP contribution in [0.5, 0.6) is 5.75 Å². The van der Waals surface area contributed by atoms with E-state index >= 15 is 0 Å². The second-order valence-corrected chi connectivity index (χ2v) is 6.94. The number of thiocarbonyl (C=S) groups is 1. The highest BCUT2D eigenvalue weighted by molar-refractivity contribution is 14.1. The van der Waals surface area contributed by atoms with Gasteiger partial charge in [0.15, 0.2) is 11.7 Å². The predicted molar refractivity (Wildman–Crippen MR) is 112 cm³/mol. The summed E-state index contributed by atoms with van der Waals surface area (Å²) in [7, 11) is 0.